The van der Waals surface area contributed by atoms with Gasteiger partial charge in [-0.25, -0.2) is 14.5 Å². The van der Waals surface area contributed by atoms with Gasteiger partial charge in [-0.05, 0) is 50.8 Å². The summed E-state index contributed by atoms with van der Waals surface area (Å²) in [6.07, 6.45) is 7.42. The summed E-state index contributed by atoms with van der Waals surface area (Å²) in [5.74, 6) is 0.213. The van der Waals surface area contributed by atoms with Gasteiger partial charge in [-0.3, -0.25) is 0 Å². The lowest BCUT2D eigenvalue weighted by atomic mass is 9.89. The quantitative estimate of drug-likeness (QED) is 0.613. The second-order valence-corrected chi connectivity index (χ2v) is 7.85. The lowest BCUT2D eigenvalue weighted by Crippen LogP contribution is -2.22. The number of carbonyl (C=O) groups is 1. The number of anilines is 1. The molecule has 0 amide bonds. The van der Waals surface area contributed by atoms with Crippen LogP contribution in [0.3, 0.4) is 0 Å². The Morgan fingerprint density at radius 2 is 2.10 bits per heavy atom. The van der Waals surface area contributed by atoms with E-state index in [0.717, 1.165) is 40.7 Å². The number of benzene rings is 1. The van der Waals surface area contributed by atoms with Gasteiger partial charge >= 0.3 is 5.97 Å². The summed E-state index contributed by atoms with van der Waals surface area (Å²) in [5, 5.41) is 19.2. The fraction of sp³-hybridized carbons (Fsp3) is 0.500. The topological polar surface area (TPSA) is 89.3 Å². The molecule has 4 rings (SSSR count). The summed E-state index contributed by atoms with van der Waals surface area (Å²) < 4.78 is 7.50. The Balaban J connectivity index is 1.75. The fourth-order valence-corrected chi connectivity index (χ4v) is 4.13. The zero-order valence-corrected chi connectivity index (χ0v) is 17.0. The second-order valence-electron chi connectivity index (χ2n) is 7.85. The minimum atomic E-state index is -0.987. The van der Waals surface area contributed by atoms with Crippen LogP contribution in [0.4, 0.5) is 5.69 Å². The summed E-state index contributed by atoms with van der Waals surface area (Å²) in [6.45, 7) is 5.25. The van der Waals surface area contributed by atoms with Crippen molar-refractivity contribution < 1.29 is 14.6 Å². The minimum Gasteiger partial charge on any atom is -0.479 e. The van der Waals surface area contributed by atoms with Gasteiger partial charge in [-0.2, -0.15) is 5.10 Å². The predicted octanol–water partition coefficient (Wildman–Crippen LogP) is 4.45. The summed E-state index contributed by atoms with van der Waals surface area (Å²) in [4.78, 5) is 16.0. The van der Waals surface area contributed by atoms with E-state index in [-0.39, 0.29) is 0 Å². The van der Waals surface area contributed by atoms with E-state index >= 15 is 0 Å². The van der Waals surface area contributed by atoms with Crippen molar-refractivity contribution in [1.29, 1.82) is 0 Å². The van der Waals surface area contributed by atoms with E-state index in [1.165, 1.54) is 39.0 Å². The number of aliphatic carboxylic acids is 1. The molecule has 2 N–H and O–H groups in total. The van der Waals surface area contributed by atoms with E-state index in [1.54, 1.807) is 6.07 Å². The lowest BCUT2D eigenvalue weighted by molar-refractivity contribution is -0.144. The Labute approximate surface area is 170 Å². The van der Waals surface area contributed by atoms with E-state index in [4.69, 9.17) is 14.8 Å². The molecule has 1 unspecified atom stereocenters. The number of rotatable bonds is 7. The molecule has 29 heavy (non-hydrogen) atoms. The van der Waals surface area contributed by atoms with Crippen molar-refractivity contribution in [3.05, 3.63) is 24.4 Å². The number of hydrogen-bond acceptors (Lipinski definition) is 5. The zero-order chi connectivity index (χ0) is 20.4. The first-order chi connectivity index (χ1) is 14.1. The van der Waals surface area contributed by atoms with E-state index in [1.807, 2.05) is 23.0 Å². The third-order valence-corrected chi connectivity index (χ3v) is 5.80. The highest BCUT2D eigenvalue weighted by Gasteiger charge is 2.18. The lowest BCUT2D eigenvalue weighted by Gasteiger charge is -2.23. The zero-order valence-electron chi connectivity index (χ0n) is 17.0. The maximum atomic E-state index is 11.2. The Morgan fingerprint density at radius 1 is 1.31 bits per heavy atom. The van der Waals surface area contributed by atoms with Gasteiger partial charge in [0.05, 0.1) is 22.8 Å². The molecule has 1 fully saturated rings. The van der Waals surface area contributed by atoms with Crippen molar-refractivity contribution in [3.8, 4) is 5.75 Å². The monoisotopic (exact) mass is 396 g/mol. The van der Waals surface area contributed by atoms with Crippen LogP contribution in [-0.4, -0.2) is 38.5 Å². The number of pyridine rings is 1. The summed E-state index contributed by atoms with van der Waals surface area (Å²) in [7, 11) is 0. The van der Waals surface area contributed by atoms with E-state index in [2.05, 4.69) is 17.3 Å². The van der Waals surface area contributed by atoms with Gasteiger partial charge in [0.25, 0.3) is 0 Å². The van der Waals surface area contributed by atoms with Crippen LogP contribution in [0.5, 0.6) is 5.75 Å². The highest BCUT2D eigenvalue weighted by Crippen LogP contribution is 2.34. The van der Waals surface area contributed by atoms with Crippen molar-refractivity contribution in [2.75, 3.05) is 11.9 Å². The number of carboxylic acids is 1. The van der Waals surface area contributed by atoms with Gasteiger partial charge in [0.15, 0.2) is 11.8 Å². The van der Waals surface area contributed by atoms with Crippen molar-refractivity contribution >= 4 is 33.6 Å². The van der Waals surface area contributed by atoms with Crippen molar-refractivity contribution in [2.24, 2.45) is 5.92 Å². The molecule has 0 saturated heterocycles. The molecule has 2 heterocycles. The summed E-state index contributed by atoms with van der Waals surface area (Å²) in [6, 6.07) is 5.54. The van der Waals surface area contributed by atoms with Gasteiger partial charge in [0.2, 0.25) is 0 Å². The number of fused-ring (bicyclic) bond motifs is 2. The molecular formula is C22H28N4O3. The second kappa shape index (κ2) is 8.27. The van der Waals surface area contributed by atoms with Crippen molar-refractivity contribution in [3.63, 3.8) is 0 Å². The molecule has 7 heteroatoms. The van der Waals surface area contributed by atoms with Gasteiger partial charge in [-0.1, -0.05) is 19.3 Å². The molecule has 7 nitrogen and oxygen atoms in total. The third-order valence-electron chi connectivity index (χ3n) is 5.80. The maximum absolute atomic E-state index is 11.2. The molecule has 1 aliphatic carbocycles. The maximum Gasteiger partial charge on any atom is 0.344 e. The first kappa shape index (κ1) is 19.5. The number of aromatic nitrogens is 3. The molecule has 1 aromatic carbocycles. The average Bonchev–Trinajstić information content (AvgIpc) is 3.14. The van der Waals surface area contributed by atoms with Crippen LogP contribution in [0.2, 0.25) is 0 Å². The summed E-state index contributed by atoms with van der Waals surface area (Å²) >= 11 is 0. The Morgan fingerprint density at radius 3 is 2.83 bits per heavy atom. The highest BCUT2D eigenvalue weighted by atomic mass is 16.5. The molecule has 3 aromatic rings. The number of aryl methyl sites for hydroxylation is 1. The van der Waals surface area contributed by atoms with Gasteiger partial charge < -0.3 is 15.2 Å². The van der Waals surface area contributed by atoms with E-state index in [0.29, 0.717) is 11.7 Å². The van der Waals surface area contributed by atoms with Crippen LogP contribution in [-0.2, 0) is 11.3 Å². The van der Waals surface area contributed by atoms with E-state index < -0.39 is 12.1 Å². The molecular weight excluding hydrogens is 368 g/mol. The highest BCUT2D eigenvalue weighted by molar-refractivity contribution is 6.06. The van der Waals surface area contributed by atoms with Crippen molar-refractivity contribution in [2.45, 2.75) is 58.6 Å². The standard InChI is InChI=1S/C22H28N4O3/c1-3-26-21-18(13-24-26)20(23-12-15-7-5-4-6-8-15)17-11-16(9-10-19(17)25-21)29-14(2)22(27)28/h9-11,13-15H,3-8,12H2,1-2H3,(H,23,25)(H,27,28). The Hall–Kier alpha value is -2.83. The number of carboxylic acid groups (broad SMARTS) is 1. The molecule has 1 aliphatic rings. The minimum absolute atomic E-state index is 0.525. The Kier molecular flexibility index (Phi) is 5.56. The molecule has 1 saturated carbocycles. The normalized spacial score (nSPS) is 16.2. The molecule has 154 valence electrons. The van der Waals surface area contributed by atoms with Crippen LogP contribution >= 0.6 is 0 Å². The van der Waals surface area contributed by atoms with Crippen LogP contribution in [0.25, 0.3) is 21.9 Å². The molecule has 1 atom stereocenters. The number of ether oxygens (including phenoxy) is 1. The van der Waals surface area contributed by atoms with E-state index in [9.17, 15) is 4.79 Å². The Bertz CT molecular complexity index is 1020. The predicted molar refractivity (Wildman–Crippen MR) is 113 cm³/mol. The fourth-order valence-electron chi connectivity index (χ4n) is 4.13. The van der Waals surface area contributed by atoms with Crippen LogP contribution in [0.1, 0.15) is 46.0 Å². The third kappa shape index (κ3) is 3.99. The first-order valence-corrected chi connectivity index (χ1v) is 10.5. The average molecular weight is 396 g/mol. The molecule has 2 aromatic heterocycles. The number of nitrogens with zero attached hydrogens (tertiary/aromatic N) is 3. The first-order valence-electron chi connectivity index (χ1n) is 10.5. The van der Waals surface area contributed by atoms with Gasteiger partial charge in [0, 0.05) is 18.5 Å². The molecule has 0 spiro atoms. The van der Waals surface area contributed by atoms with Gasteiger partial charge in [0.1, 0.15) is 5.75 Å². The SMILES string of the molecule is CCn1ncc2c(NCC3CCCCC3)c3cc(OC(C)C(=O)O)ccc3nc21. The molecule has 0 radical (unpaired) electrons. The van der Waals surface area contributed by atoms with Crippen molar-refractivity contribution in [1.82, 2.24) is 14.8 Å². The number of nitrogens with one attached hydrogen (secondary N) is 1. The number of hydrogen-bond donors (Lipinski definition) is 2. The molecule has 0 bridgehead atoms. The smallest absolute Gasteiger partial charge is 0.344 e. The summed E-state index contributed by atoms with van der Waals surface area (Å²) in [5.41, 5.74) is 2.71. The van der Waals surface area contributed by atoms with Crippen LogP contribution in [0, 0.1) is 5.92 Å². The van der Waals surface area contributed by atoms with Crippen LogP contribution < -0.4 is 10.1 Å². The van der Waals surface area contributed by atoms with Gasteiger partial charge in [-0.15, -0.1) is 0 Å². The van der Waals surface area contributed by atoms with Crippen LogP contribution in [0.15, 0.2) is 24.4 Å². The largest absolute Gasteiger partial charge is 0.479 e. The molecule has 0 aliphatic heterocycles.